The van der Waals surface area contributed by atoms with E-state index >= 15 is 0 Å². The van der Waals surface area contributed by atoms with Crippen LogP contribution >= 0.6 is 36.2 Å². The number of aromatic nitrogens is 3. The van der Waals surface area contributed by atoms with Crippen molar-refractivity contribution in [3.05, 3.63) is 22.3 Å². The second kappa shape index (κ2) is 6.31. The van der Waals surface area contributed by atoms with Crippen LogP contribution in [0, 0.1) is 0 Å². The Balaban J connectivity index is 0.00000162. The van der Waals surface area contributed by atoms with E-state index in [4.69, 9.17) is 11.5 Å². The van der Waals surface area contributed by atoms with Gasteiger partial charge in [-0.05, 0) is 0 Å². The van der Waals surface area contributed by atoms with Crippen LogP contribution in [0.3, 0.4) is 0 Å². The summed E-state index contributed by atoms with van der Waals surface area (Å²) in [5.41, 5.74) is 10.4. The first kappa shape index (κ1) is 17.8. The van der Waals surface area contributed by atoms with Gasteiger partial charge in [0.1, 0.15) is 10.8 Å². The fourth-order valence-electron chi connectivity index (χ4n) is 1.18. The molecule has 0 atom stereocenters. The fourth-order valence-corrected chi connectivity index (χ4v) is 1.96. The lowest BCUT2D eigenvalue weighted by atomic mass is 10.5. The van der Waals surface area contributed by atoms with Crippen LogP contribution in [0.25, 0.3) is 0 Å². The van der Waals surface area contributed by atoms with Gasteiger partial charge in [-0.3, -0.25) is 0 Å². The predicted octanol–water partition coefficient (Wildman–Crippen LogP) is 2.41. The number of nitrogens with two attached hydrogens (primary N) is 2. The third-order valence-corrected chi connectivity index (χ3v) is 2.87. The van der Waals surface area contributed by atoms with Crippen LogP contribution in [0.5, 0.6) is 0 Å². The third-order valence-electron chi connectivity index (χ3n) is 2.04. The number of halogens is 5. The highest BCUT2D eigenvalue weighted by Crippen LogP contribution is 2.30. The van der Waals surface area contributed by atoms with Crippen molar-refractivity contribution < 1.29 is 13.2 Å². The first-order valence-corrected chi connectivity index (χ1v) is 5.34. The molecule has 0 bridgehead atoms. The molecule has 2 aromatic rings. The van der Waals surface area contributed by atoms with Gasteiger partial charge in [-0.15, -0.1) is 36.2 Å². The van der Waals surface area contributed by atoms with Crippen molar-refractivity contribution in [2.45, 2.75) is 12.7 Å². The van der Waals surface area contributed by atoms with Gasteiger partial charge in [-0.25, -0.2) is 9.67 Å². The summed E-state index contributed by atoms with van der Waals surface area (Å²) in [7, 11) is 0. The van der Waals surface area contributed by atoms with Crippen LogP contribution in [0.1, 0.15) is 10.7 Å². The monoisotopic (exact) mass is 335 g/mol. The van der Waals surface area contributed by atoms with E-state index in [0.29, 0.717) is 0 Å². The van der Waals surface area contributed by atoms with Crippen LogP contribution in [0.2, 0.25) is 0 Å². The number of alkyl halides is 3. The van der Waals surface area contributed by atoms with E-state index in [2.05, 4.69) is 10.1 Å². The SMILES string of the molecule is Cl.Cl.Nc1cnn(Cc2nc(C(F)(F)F)cs2)c1N. The quantitative estimate of drug-likeness (QED) is 0.882. The van der Waals surface area contributed by atoms with Gasteiger partial charge in [-0.1, -0.05) is 0 Å². The molecule has 2 rings (SSSR count). The molecule has 0 aliphatic heterocycles. The maximum Gasteiger partial charge on any atom is 0.434 e. The van der Waals surface area contributed by atoms with Gasteiger partial charge >= 0.3 is 6.18 Å². The molecule has 0 aliphatic rings. The topological polar surface area (TPSA) is 82.8 Å². The second-order valence-electron chi connectivity index (χ2n) is 3.27. The Labute approximate surface area is 122 Å². The minimum Gasteiger partial charge on any atom is -0.394 e. The lowest BCUT2D eigenvalue weighted by Gasteiger charge is -2.02. The Bertz CT molecular complexity index is 539. The average molecular weight is 336 g/mol. The number of thiazole rings is 1. The molecule has 0 unspecified atom stereocenters. The Morgan fingerprint density at radius 3 is 2.32 bits per heavy atom. The summed E-state index contributed by atoms with van der Waals surface area (Å²) in [5, 5.41) is 5.06. The van der Waals surface area contributed by atoms with Crippen LogP contribution in [0.15, 0.2) is 11.6 Å². The number of hydrogen-bond acceptors (Lipinski definition) is 5. The Kier molecular flexibility index (Phi) is 5.91. The third kappa shape index (κ3) is 3.88. The molecule has 19 heavy (non-hydrogen) atoms. The van der Waals surface area contributed by atoms with Crippen LogP contribution < -0.4 is 11.5 Å². The number of hydrogen-bond donors (Lipinski definition) is 2. The lowest BCUT2D eigenvalue weighted by Crippen LogP contribution is -2.08. The summed E-state index contributed by atoms with van der Waals surface area (Å²) in [6.07, 6.45) is -3.09. The summed E-state index contributed by atoms with van der Waals surface area (Å²) in [4.78, 5) is 3.46. The van der Waals surface area contributed by atoms with Gasteiger partial charge in [0.25, 0.3) is 0 Å². The maximum absolute atomic E-state index is 12.3. The lowest BCUT2D eigenvalue weighted by molar-refractivity contribution is -0.140. The second-order valence-corrected chi connectivity index (χ2v) is 4.21. The zero-order valence-electron chi connectivity index (χ0n) is 9.22. The van der Waals surface area contributed by atoms with Crippen molar-refractivity contribution in [3.8, 4) is 0 Å². The number of nitrogen functional groups attached to an aromatic ring is 2. The standard InChI is InChI=1S/C8H8F3N5S.2ClH/c9-8(10,11)5-3-17-6(15-5)2-16-7(13)4(12)1-14-16;;/h1,3H,2,12-13H2;2*1H. The molecule has 0 aromatic carbocycles. The van der Waals surface area contributed by atoms with E-state index < -0.39 is 11.9 Å². The van der Waals surface area contributed by atoms with E-state index in [-0.39, 0.29) is 47.9 Å². The molecule has 0 saturated carbocycles. The van der Waals surface area contributed by atoms with E-state index in [0.717, 1.165) is 16.7 Å². The summed E-state index contributed by atoms with van der Waals surface area (Å²) in [5.74, 6) is 0.216. The number of rotatable bonds is 2. The normalized spacial score (nSPS) is 10.7. The van der Waals surface area contributed by atoms with Crippen molar-refractivity contribution in [1.29, 1.82) is 0 Å². The van der Waals surface area contributed by atoms with Crippen molar-refractivity contribution in [3.63, 3.8) is 0 Å². The predicted molar refractivity (Wildman–Crippen MR) is 71.8 cm³/mol. The van der Waals surface area contributed by atoms with Crippen molar-refractivity contribution in [2.75, 3.05) is 11.5 Å². The van der Waals surface area contributed by atoms with Crippen molar-refractivity contribution >= 4 is 47.7 Å². The Morgan fingerprint density at radius 1 is 1.26 bits per heavy atom. The van der Waals surface area contributed by atoms with Crippen LogP contribution in [-0.2, 0) is 12.7 Å². The number of nitrogens with zero attached hydrogens (tertiary/aromatic N) is 3. The van der Waals surface area contributed by atoms with Crippen LogP contribution in [0.4, 0.5) is 24.7 Å². The zero-order valence-corrected chi connectivity index (χ0v) is 11.7. The Hall–Kier alpha value is -1.19. The molecule has 0 saturated heterocycles. The minimum atomic E-state index is -4.43. The van der Waals surface area contributed by atoms with E-state index in [9.17, 15) is 13.2 Å². The first-order chi connectivity index (χ1) is 7.88. The highest BCUT2D eigenvalue weighted by molar-refractivity contribution is 7.09. The molecular formula is C8H10Cl2F3N5S. The molecule has 0 aliphatic carbocycles. The van der Waals surface area contributed by atoms with Crippen molar-refractivity contribution in [2.24, 2.45) is 0 Å². The van der Waals surface area contributed by atoms with E-state index in [1.54, 1.807) is 0 Å². The van der Waals surface area contributed by atoms with Gasteiger partial charge < -0.3 is 11.5 Å². The summed E-state index contributed by atoms with van der Waals surface area (Å²) >= 11 is 0.901. The Morgan fingerprint density at radius 2 is 1.89 bits per heavy atom. The highest BCUT2D eigenvalue weighted by Gasteiger charge is 2.33. The largest absolute Gasteiger partial charge is 0.434 e. The number of anilines is 2. The van der Waals surface area contributed by atoms with Gasteiger partial charge in [0.15, 0.2) is 5.69 Å². The zero-order chi connectivity index (χ0) is 12.6. The van der Waals surface area contributed by atoms with Crippen LogP contribution in [-0.4, -0.2) is 14.8 Å². The first-order valence-electron chi connectivity index (χ1n) is 4.46. The van der Waals surface area contributed by atoms with Gasteiger partial charge in [0.2, 0.25) is 0 Å². The average Bonchev–Trinajstić information content (AvgIpc) is 2.80. The summed E-state index contributed by atoms with van der Waals surface area (Å²) in [6.45, 7) is 0.0732. The molecule has 4 N–H and O–H groups in total. The van der Waals surface area contributed by atoms with Gasteiger partial charge in [-0.2, -0.15) is 18.3 Å². The molecule has 11 heteroatoms. The molecule has 0 spiro atoms. The van der Waals surface area contributed by atoms with E-state index in [1.165, 1.54) is 10.9 Å². The molecule has 5 nitrogen and oxygen atoms in total. The maximum atomic E-state index is 12.3. The molecule has 0 amide bonds. The summed E-state index contributed by atoms with van der Waals surface area (Å²) in [6, 6.07) is 0. The molecule has 2 heterocycles. The molecule has 0 fully saturated rings. The highest BCUT2D eigenvalue weighted by atomic mass is 35.5. The van der Waals surface area contributed by atoms with Crippen molar-refractivity contribution in [1.82, 2.24) is 14.8 Å². The summed E-state index contributed by atoms with van der Waals surface area (Å²) < 4.78 is 38.2. The molecule has 108 valence electrons. The van der Waals surface area contributed by atoms with Gasteiger partial charge in [0, 0.05) is 5.38 Å². The molecule has 2 aromatic heterocycles. The smallest absolute Gasteiger partial charge is 0.394 e. The van der Waals surface area contributed by atoms with E-state index in [1.807, 2.05) is 0 Å². The molecular weight excluding hydrogens is 326 g/mol. The molecule has 0 radical (unpaired) electrons. The minimum absolute atomic E-state index is 0. The fraction of sp³-hybridized carbons (Fsp3) is 0.250. The van der Waals surface area contributed by atoms with Gasteiger partial charge in [0.05, 0.1) is 18.4 Å².